The summed E-state index contributed by atoms with van der Waals surface area (Å²) < 4.78 is 5.61. The van der Waals surface area contributed by atoms with Crippen molar-refractivity contribution in [2.45, 2.75) is 20.8 Å². The lowest BCUT2D eigenvalue weighted by atomic mass is 10.1. The standard InChI is InChI=1S/C22H24ClN3O2/c1-4-25(5-2)18-13-12-16(20(23)15-18)14-19-21(28-6-3)24-26(22(19)27)17-10-8-7-9-11-17/h7-15H,4-6H2,1-3H3. The molecule has 0 aliphatic carbocycles. The van der Waals surface area contributed by atoms with Gasteiger partial charge >= 0.3 is 0 Å². The van der Waals surface area contributed by atoms with Crippen LogP contribution >= 0.6 is 11.6 Å². The molecule has 1 amide bonds. The Morgan fingerprint density at radius 3 is 2.43 bits per heavy atom. The lowest BCUT2D eigenvalue weighted by Crippen LogP contribution is -2.22. The molecule has 0 spiro atoms. The molecular weight excluding hydrogens is 374 g/mol. The molecule has 146 valence electrons. The van der Waals surface area contributed by atoms with Gasteiger partial charge in [-0.25, -0.2) is 0 Å². The predicted molar refractivity (Wildman–Crippen MR) is 116 cm³/mol. The average Bonchev–Trinajstić information content (AvgIpc) is 3.01. The van der Waals surface area contributed by atoms with Gasteiger partial charge < -0.3 is 9.64 Å². The lowest BCUT2D eigenvalue weighted by molar-refractivity contribution is -0.114. The SMILES string of the molecule is CCOC1=NN(c2ccccc2)C(=O)C1=Cc1ccc(N(CC)CC)cc1Cl. The maximum atomic E-state index is 13.0. The van der Waals surface area contributed by atoms with E-state index < -0.39 is 0 Å². The van der Waals surface area contributed by atoms with Crippen molar-refractivity contribution >= 4 is 40.9 Å². The second kappa shape index (κ2) is 8.93. The molecule has 0 bridgehead atoms. The van der Waals surface area contributed by atoms with Crippen molar-refractivity contribution in [3.05, 3.63) is 64.7 Å². The van der Waals surface area contributed by atoms with Crippen LogP contribution in [0.3, 0.4) is 0 Å². The third-order valence-electron chi connectivity index (χ3n) is 4.54. The van der Waals surface area contributed by atoms with Crippen molar-refractivity contribution in [3.63, 3.8) is 0 Å². The summed E-state index contributed by atoms with van der Waals surface area (Å²) in [6.07, 6.45) is 1.74. The van der Waals surface area contributed by atoms with Crippen molar-refractivity contribution in [2.24, 2.45) is 5.10 Å². The Morgan fingerprint density at radius 2 is 1.82 bits per heavy atom. The van der Waals surface area contributed by atoms with E-state index >= 15 is 0 Å². The van der Waals surface area contributed by atoms with Gasteiger partial charge in [0.1, 0.15) is 5.57 Å². The zero-order valence-electron chi connectivity index (χ0n) is 16.4. The van der Waals surface area contributed by atoms with E-state index in [1.807, 2.05) is 55.5 Å². The van der Waals surface area contributed by atoms with Gasteiger partial charge in [0.15, 0.2) is 0 Å². The summed E-state index contributed by atoms with van der Waals surface area (Å²) in [4.78, 5) is 15.2. The van der Waals surface area contributed by atoms with Gasteiger partial charge in [0, 0.05) is 23.8 Å². The Morgan fingerprint density at radius 1 is 1.11 bits per heavy atom. The molecule has 0 radical (unpaired) electrons. The van der Waals surface area contributed by atoms with Crippen molar-refractivity contribution in [2.75, 3.05) is 29.6 Å². The summed E-state index contributed by atoms with van der Waals surface area (Å²) in [5, 5.41) is 6.31. The number of ether oxygens (including phenoxy) is 1. The maximum absolute atomic E-state index is 13.0. The highest BCUT2D eigenvalue weighted by Gasteiger charge is 2.32. The summed E-state index contributed by atoms with van der Waals surface area (Å²) in [5.74, 6) is 0.0683. The minimum atomic E-state index is -0.237. The predicted octanol–water partition coefficient (Wildman–Crippen LogP) is 4.97. The molecule has 2 aromatic rings. The molecule has 1 heterocycles. The van der Waals surface area contributed by atoms with Crippen LogP contribution in [-0.2, 0) is 9.53 Å². The molecule has 28 heavy (non-hydrogen) atoms. The summed E-state index contributed by atoms with van der Waals surface area (Å²) in [7, 11) is 0. The molecule has 2 aromatic carbocycles. The fourth-order valence-electron chi connectivity index (χ4n) is 3.08. The minimum absolute atomic E-state index is 0.237. The van der Waals surface area contributed by atoms with Crippen molar-refractivity contribution in [1.82, 2.24) is 0 Å². The first-order valence-electron chi connectivity index (χ1n) is 9.46. The van der Waals surface area contributed by atoms with Crippen LogP contribution in [0.25, 0.3) is 6.08 Å². The van der Waals surface area contributed by atoms with Gasteiger partial charge in [-0.15, -0.1) is 5.10 Å². The van der Waals surface area contributed by atoms with Gasteiger partial charge in [-0.05, 0) is 56.7 Å². The number of benzene rings is 2. The van der Waals surface area contributed by atoms with Crippen LogP contribution in [0, 0.1) is 0 Å². The molecule has 3 rings (SSSR count). The Hall–Kier alpha value is -2.79. The highest BCUT2D eigenvalue weighted by atomic mass is 35.5. The molecule has 5 nitrogen and oxygen atoms in total. The van der Waals surface area contributed by atoms with E-state index in [-0.39, 0.29) is 5.91 Å². The lowest BCUT2D eigenvalue weighted by Gasteiger charge is -2.21. The Kier molecular flexibility index (Phi) is 6.37. The number of hydrogen-bond donors (Lipinski definition) is 0. The molecule has 0 aromatic heterocycles. The molecule has 1 aliphatic heterocycles. The molecule has 0 fully saturated rings. The zero-order chi connectivity index (χ0) is 20.1. The number of para-hydroxylation sites is 1. The van der Waals surface area contributed by atoms with Crippen LogP contribution in [-0.4, -0.2) is 31.5 Å². The van der Waals surface area contributed by atoms with Gasteiger partial charge in [0.2, 0.25) is 5.90 Å². The Bertz CT molecular complexity index is 905. The van der Waals surface area contributed by atoms with E-state index in [0.717, 1.165) is 24.3 Å². The molecule has 0 unspecified atom stereocenters. The van der Waals surface area contributed by atoms with Crippen LogP contribution in [0.15, 0.2) is 59.2 Å². The van der Waals surface area contributed by atoms with Crippen LogP contribution in [0.4, 0.5) is 11.4 Å². The smallest absolute Gasteiger partial charge is 0.284 e. The monoisotopic (exact) mass is 397 g/mol. The number of carbonyl (C=O) groups is 1. The van der Waals surface area contributed by atoms with Gasteiger partial charge in [-0.1, -0.05) is 35.9 Å². The molecular formula is C22H24ClN3O2. The molecule has 0 N–H and O–H groups in total. The molecule has 6 heteroatoms. The summed E-state index contributed by atoms with van der Waals surface area (Å²) >= 11 is 6.51. The Labute approximate surface area is 170 Å². The van der Waals surface area contributed by atoms with Crippen molar-refractivity contribution < 1.29 is 9.53 Å². The molecule has 0 saturated heterocycles. The fourth-order valence-corrected chi connectivity index (χ4v) is 3.31. The van der Waals surface area contributed by atoms with Gasteiger partial charge in [0.05, 0.1) is 12.3 Å². The zero-order valence-corrected chi connectivity index (χ0v) is 17.1. The normalized spacial score (nSPS) is 15.1. The summed E-state index contributed by atoms with van der Waals surface area (Å²) in [6.45, 7) is 8.29. The van der Waals surface area contributed by atoms with Gasteiger partial charge in [-0.3, -0.25) is 4.79 Å². The highest BCUT2D eigenvalue weighted by molar-refractivity contribution is 6.34. The molecule has 0 saturated carbocycles. The van der Waals surface area contributed by atoms with Crippen LogP contribution < -0.4 is 9.91 Å². The minimum Gasteiger partial charge on any atom is -0.476 e. The number of halogens is 1. The van der Waals surface area contributed by atoms with E-state index in [2.05, 4.69) is 23.8 Å². The third kappa shape index (κ3) is 4.04. The topological polar surface area (TPSA) is 45.1 Å². The number of anilines is 2. The second-order valence-electron chi connectivity index (χ2n) is 6.23. The van der Waals surface area contributed by atoms with Crippen molar-refractivity contribution in [1.29, 1.82) is 0 Å². The Balaban J connectivity index is 1.96. The number of carbonyl (C=O) groups excluding carboxylic acids is 1. The number of nitrogens with zero attached hydrogens (tertiary/aromatic N) is 3. The molecule has 1 aliphatic rings. The number of rotatable bonds is 6. The van der Waals surface area contributed by atoms with Crippen LogP contribution in [0.1, 0.15) is 26.3 Å². The highest BCUT2D eigenvalue weighted by Crippen LogP contribution is 2.29. The molecule has 0 atom stereocenters. The van der Waals surface area contributed by atoms with E-state index in [0.29, 0.717) is 28.8 Å². The maximum Gasteiger partial charge on any atom is 0.284 e. The second-order valence-corrected chi connectivity index (χ2v) is 6.63. The number of hydrogen-bond acceptors (Lipinski definition) is 4. The number of amides is 1. The van der Waals surface area contributed by atoms with E-state index in [4.69, 9.17) is 16.3 Å². The van der Waals surface area contributed by atoms with Crippen LogP contribution in [0.5, 0.6) is 0 Å². The first kappa shape index (κ1) is 20.0. The number of hydrazone groups is 1. The third-order valence-corrected chi connectivity index (χ3v) is 4.87. The quantitative estimate of drug-likeness (QED) is 0.646. The van der Waals surface area contributed by atoms with E-state index in [1.54, 1.807) is 6.08 Å². The summed E-state index contributed by atoms with van der Waals surface area (Å²) in [6, 6.07) is 15.1. The fraction of sp³-hybridized carbons (Fsp3) is 0.273. The average molecular weight is 398 g/mol. The van der Waals surface area contributed by atoms with E-state index in [9.17, 15) is 4.79 Å². The first-order chi connectivity index (χ1) is 13.6. The van der Waals surface area contributed by atoms with Gasteiger partial charge in [0.25, 0.3) is 5.91 Å². The first-order valence-corrected chi connectivity index (χ1v) is 9.84. The van der Waals surface area contributed by atoms with Crippen molar-refractivity contribution in [3.8, 4) is 0 Å². The largest absolute Gasteiger partial charge is 0.476 e. The van der Waals surface area contributed by atoms with Gasteiger partial charge in [-0.2, -0.15) is 5.01 Å². The van der Waals surface area contributed by atoms with Crippen LogP contribution in [0.2, 0.25) is 5.02 Å². The van der Waals surface area contributed by atoms with E-state index in [1.165, 1.54) is 5.01 Å². The summed E-state index contributed by atoms with van der Waals surface area (Å²) in [5.41, 5.74) is 2.89.